The smallest absolute Gasteiger partial charge is 0.260 e. The number of methoxy groups -OCH3 is 1. The first-order valence-corrected chi connectivity index (χ1v) is 8.33. The Morgan fingerprint density at radius 3 is 2.81 bits per heavy atom. The predicted octanol–water partition coefficient (Wildman–Crippen LogP) is 3.70. The van der Waals surface area contributed by atoms with Gasteiger partial charge >= 0.3 is 0 Å². The molecule has 2 heterocycles. The molecule has 0 fully saturated rings. The highest BCUT2D eigenvalue weighted by molar-refractivity contribution is 5.91. The lowest BCUT2D eigenvalue weighted by molar-refractivity contribution is 0.172. The highest BCUT2D eigenvalue weighted by atomic mass is 16.5. The number of benzene rings is 2. The van der Waals surface area contributed by atoms with E-state index in [0.29, 0.717) is 24.9 Å². The maximum atomic E-state index is 5.66. The standard InChI is InChI=1S/C19H18N4O3/c1-24-10-3-11-25-15-8-6-13(7-9-15)18-21-19(26-23-18)16-5-2-4-14-12-20-22-17(14)16/h2,4-9,12H,3,10-11H2,1H3,(H,20,22). The van der Waals surface area contributed by atoms with Crippen LogP contribution in [0.15, 0.2) is 53.2 Å². The minimum absolute atomic E-state index is 0.453. The van der Waals surface area contributed by atoms with Gasteiger partial charge in [0.1, 0.15) is 5.75 Å². The van der Waals surface area contributed by atoms with Crippen LogP contribution in [0.1, 0.15) is 6.42 Å². The molecule has 2 aromatic heterocycles. The van der Waals surface area contributed by atoms with Crippen molar-refractivity contribution >= 4 is 10.9 Å². The number of ether oxygens (including phenoxy) is 2. The molecule has 0 radical (unpaired) electrons. The molecule has 0 atom stereocenters. The van der Waals surface area contributed by atoms with E-state index in [1.54, 1.807) is 13.3 Å². The fourth-order valence-corrected chi connectivity index (χ4v) is 2.69. The highest BCUT2D eigenvalue weighted by Gasteiger charge is 2.14. The second kappa shape index (κ2) is 7.37. The molecule has 4 aromatic rings. The van der Waals surface area contributed by atoms with Gasteiger partial charge in [-0.15, -0.1) is 0 Å². The zero-order chi connectivity index (χ0) is 17.8. The normalized spacial score (nSPS) is 11.1. The minimum atomic E-state index is 0.453. The first-order chi connectivity index (χ1) is 12.8. The summed E-state index contributed by atoms with van der Waals surface area (Å²) in [5.74, 6) is 1.79. The molecule has 7 heteroatoms. The average molecular weight is 350 g/mol. The first-order valence-electron chi connectivity index (χ1n) is 8.33. The minimum Gasteiger partial charge on any atom is -0.494 e. The summed E-state index contributed by atoms with van der Waals surface area (Å²) in [7, 11) is 1.68. The lowest BCUT2D eigenvalue weighted by Crippen LogP contribution is -2.01. The predicted molar refractivity (Wildman–Crippen MR) is 96.8 cm³/mol. The molecule has 26 heavy (non-hydrogen) atoms. The van der Waals surface area contributed by atoms with Gasteiger partial charge in [0.2, 0.25) is 5.82 Å². The van der Waals surface area contributed by atoms with Gasteiger partial charge in [-0.2, -0.15) is 10.1 Å². The molecule has 0 unspecified atom stereocenters. The van der Waals surface area contributed by atoms with E-state index < -0.39 is 0 Å². The molecule has 132 valence electrons. The van der Waals surface area contributed by atoms with E-state index in [9.17, 15) is 0 Å². The van der Waals surface area contributed by atoms with Crippen LogP contribution in [0, 0.1) is 0 Å². The van der Waals surface area contributed by atoms with Crippen LogP contribution >= 0.6 is 0 Å². The summed E-state index contributed by atoms with van der Waals surface area (Å²) in [6.07, 6.45) is 2.62. The van der Waals surface area contributed by atoms with Gasteiger partial charge in [-0.3, -0.25) is 5.10 Å². The Bertz CT molecular complexity index is 991. The number of H-pyrrole nitrogens is 1. The topological polar surface area (TPSA) is 86.1 Å². The summed E-state index contributed by atoms with van der Waals surface area (Å²) >= 11 is 0. The molecule has 0 bridgehead atoms. The van der Waals surface area contributed by atoms with E-state index >= 15 is 0 Å². The van der Waals surface area contributed by atoms with Crippen molar-refractivity contribution in [3.05, 3.63) is 48.7 Å². The van der Waals surface area contributed by atoms with E-state index in [0.717, 1.165) is 34.2 Å². The number of hydrogen-bond donors (Lipinski definition) is 1. The van der Waals surface area contributed by atoms with Gasteiger partial charge in [-0.25, -0.2) is 0 Å². The molecule has 4 rings (SSSR count). The fraction of sp³-hybridized carbons (Fsp3) is 0.211. The second-order valence-corrected chi connectivity index (χ2v) is 5.78. The Morgan fingerprint density at radius 2 is 1.96 bits per heavy atom. The molecule has 0 aliphatic carbocycles. The first kappa shape index (κ1) is 16.3. The van der Waals surface area contributed by atoms with Crippen molar-refractivity contribution in [2.75, 3.05) is 20.3 Å². The molecule has 2 aromatic carbocycles. The molecule has 0 saturated carbocycles. The van der Waals surface area contributed by atoms with Gasteiger partial charge in [0, 0.05) is 31.1 Å². The zero-order valence-corrected chi connectivity index (χ0v) is 14.3. The number of nitrogens with zero attached hydrogens (tertiary/aromatic N) is 3. The summed E-state index contributed by atoms with van der Waals surface area (Å²) in [4.78, 5) is 4.51. The second-order valence-electron chi connectivity index (χ2n) is 5.78. The molecule has 0 saturated heterocycles. The van der Waals surface area contributed by atoms with Crippen molar-refractivity contribution in [1.82, 2.24) is 20.3 Å². The van der Waals surface area contributed by atoms with Crippen molar-refractivity contribution in [3.8, 4) is 28.6 Å². The summed E-state index contributed by atoms with van der Waals surface area (Å²) in [5, 5.41) is 12.1. The molecule has 7 nitrogen and oxygen atoms in total. The van der Waals surface area contributed by atoms with Crippen molar-refractivity contribution in [3.63, 3.8) is 0 Å². The zero-order valence-electron chi connectivity index (χ0n) is 14.3. The maximum Gasteiger partial charge on any atom is 0.260 e. The quantitative estimate of drug-likeness (QED) is 0.512. The molecular formula is C19H18N4O3. The number of aromatic nitrogens is 4. The molecule has 0 aliphatic heterocycles. The molecule has 0 spiro atoms. The summed E-state index contributed by atoms with van der Waals surface area (Å²) < 4.78 is 16.1. The molecular weight excluding hydrogens is 332 g/mol. The van der Waals surface area contributed by atoms with Crippen LogP contribution in [-0.4, -0.2) is 40.7 Å². The maximum absolute atomic E-state index is 5.66. The van der Waals surface area contributed by atoms with Crippen LogP contribution in [-0.2, 0) is 4.74 Å². The third-order valence-electron chi connectivity index (χ3n) is 4.01. The molecule has 1 N–H and O–H groups in total. The van der Waals surface area contributed by atoms with Crippen molar-refractivity contribution in [2.24, 2.45) is 0 Å². The summed E-state index contributed by atoms with van der Waals surface area (Å²) in [6.45, 7) is 1.31. The Hall–Kier alpha value is -3.19. The Balaban J connectivity index is 1.52. The van der Waals surface area contributed by atoms with Crippen LogP contribution in [0.4, 0.5) is 0 Å². The van der Waals surface area contributed by atoms with Crippen molar-refractivity contribution in [1.29, 1.82) is 0 Å². The fourth-order valence-electron chi connectivity index (χ4n) is 2.69. The Morgan fingerprint density at radius 1 is 1.08 bits per heavy atom. The number of para-hydroxylation sites is 1. The monoisotopic (exact) mass is 350 g/mol. The van der Waals surface area contributed by atoms with Gasteiger partial charge in [0.25, 0.3) is 5.89 Å². The van der Waals surface area contributed by atoms with Gasteiger partial charge in [-0.1, -0.05) is 17.3 Å². The van der Waals surface area contributed by atoms with Gasteiger partial charge < -0.3 is 14.0 Å². The Kier molecular flexibility index (Phi) is 4.61. The Labute approximate surface area is 149 Å². The van der Waals surface area contributed by atoms with E-state index in [-0.39, 0.29) is 0 Å². The SMILES string of the molecule is COCCCOc1ccc(-c2noc(-c3cccc4cn[nH]c34)n2)cc1. The summed E-state index contributed by atoms with van der Waals surface area (Å²) in [5.41, 5.74) is 2.57. The molecule has 0 amide bonds. The van der Waals surface area contributed by atoms with E-state index in [4.69, 9.17) is 14.0 Å². The number of nitrogens with one attached hydrogen (secondary N) is 1. The average Bonchev–Trinajstić information content (AvgIpc) is 3.35. The number of rotatable bonds is 7. The van der Waals surface area contributed by atoms with Crippen LogP contribution < -0.4 is 4.74 Å². The highest BCUT2D eigenvalue weighted by Crippen LogP contribution is 2.28. The largest absolute Gasteiger partial charge is 0.494 e. The van der Waals surface area contributed by atoms with Crippen molar-refractivity contribution < 1.29 is 14.0 Å². The number of aromatic amines is 1. The van der Waals surface area contributed by atoms with Crippen LogP contribution in [0.25, 0.3) is 33.7 Å². The van der Waals surface area contributed by atoms with E-state index in [1.807, 2.05) is 42.5 Å². The molecule has 0 aliphatic rings. The lowest BCUT2D eigenvalue weighted by atomic mass is 10.1. The van der Waals surface area contributed by atoms with Crippen molar-refractivity contribution in [2.45, 2.75) is 6.42 Å². The number of hydrogen-bond acceptors (Lipinski definition) is 6. The van der Waals surface area contributed by atoms with E-state index in [2.05, 4.69) is 20.3 Å². The van der Waals surface area contributed by atoms with Gasteiger partial charge in [0.15, 0.2) is 0 Å². The van der Waals surface area contributed by atoms with Crippen LogP contribution in [0.5, 0.6) is 5.75 Å². The number of fused-ring (bicyclic) bond motifs is 1. The van der Waals surface area contributed by atoms with E-state index in [1.165, 1.54) is 0 Å². The third kappa shape index (κ3) is 3.29. The lowest BCUT2D eigenvalue weighted by Gasteiger charge is -2.05. The van der Waals surface area contributed by atoms with Gasteiger partial charge in [0.05, 0.1) is 23.9 Å². The summed E-state index contributed by atoms with van der Waals surface area (Å²) in [6, 6.07) is 13.5. The third-order valence-corrected chi connectivity index (χ3v) is 4.01. The van der Waals surface area contributed by atoms with Crippen LogP contribution in [0.2, 0.25) is 0 Å². The van der Waals surface area contributed by atoms with Crippen LogP contribution in [0.3, 0.4) is 0 Å². The van der Waals surface area contributed by atoms with Gasteiger partial charge in [-0.05, 0) is 30.3 Å².